The molecule has 1 rings (SSSR count). The first-order valence-corrected chi connectivity index (χ1v) is 7.54. The van der Waals surface area contributed by atoms with E-state index >= 15 is 0 Å². The first kappa shape index (κ1) is 13.5. The second-order valence-corrected chi connectivity index (χ2v) is 5.19. The number of hydrogen-bond donors (Lipinski definition) is 1. The molecule has 0 bridgehead atoms. The average molecular weight is 277 g/mol. The van der Waals surface area contributed by atoms with E-state index < -0.39 is 0 Å². The molecule has 1 saturated heterocycles. The Hall–Kier alpha value is 0.400. The van der Waals surface area contributed by atoms with E-state index in [1.54, 1.807) is 0 Å². The molecule has 2 nitrogen and oxygen atoms in total. The number of alkyl halides is 1. The molecular weight excluding hydrogens is 252 g/mol. The quantitative estimate of drug-likeness (QED) is 0.515. The van der Waals surface area contributed by atoms with Crippen molar-refractivity contribution >= 4 is 15.9 Å². The molecule has 3 heteroatoms. The fourth-order valence-corrected chi connectivity index (χ4v) is 2.48. The van der Waals surface area contributed by atoms with Gasteiger partial charge in [-0.05, 0) is 64.8 Å². The molecule has 0 aromatic rings. The highest BCUT2D eigenvalue weighted by molar-refractivity contribution is 9.09. The highest BCUT2D eigenvalue weighted by Gasteiger charge is 2.09. The van der Waals surface area contributed by atoms with Crippen LogP contribution in [0.4, 0.5) is 0 Å². The van der Waals surface area contributed by atoms with Crippen molar-refractivity contribution in [3.8, 4) is 0 Å². The van der Waals surface area contributed by atoms with Crippen molar-refractivity contribution in [3.63, 3.8) is 0 Å². The van der Waals surface area contributed by atoms with Gasteiger partial charge < -0.3 is 10.2 Å². The van der Waals surface area contributed by atoms with Gasteiger partial charge in [-0.15, -0.1) is 0 Å². The van der Waals surface area contributed by atoms with E-state index in [0.717, 1.165) is 5.33 Å². The zero-order valence-electron chi connectivity index (χ0n) is 9.81. The molecule has 0 aromatic carbocycles. The largest absolute Gasteiger partial charge is 0.317 e. The SMILES string of the molecule is BrCCCCCNCCCN1CCCC1. The molecule has 1 fully saturated rings. The van der Waals surface area contributed by atoms with Gasteiger partial charge in [0.25, 0.3) is 0 Å². The van der Waals surface area contributed by atoms with Crippen molar-refractivity contribution in [3.05, 3.63) is 0 Å². The highest BCUT2D eigenvalue weighted by atomic mass is 79.9. The molecule has 0 spiro atoms. The molecule has 0 aliphatic carbocycles. The molecule has 1 N–H and O–H groups in total. The lowest BCUT2D eigenvalue weighted by atomic mass is 10.2. The first-order chi connectivity index (χ1) is 7.43. The lowest BCUT2D eigenvalue weighted by Gasteiger charge is -2.14. The fourth-order valence-electron chi connectivity index (χ4n) is 2.08. The number of rotatable bonds is 9. The number of nitrogens with one attached hydrogen (secondary N) is 1. The molecule has 1 aliphatic rings. The average Bonchev–Trinajstić information content (AvgIpc) is 2.75. The highest BCUT2D eigenvalue weighted by Crippen LogP contribution is 2.06. The van der Waals surface area contributed by atoms with Crippen LogP contribution in [-0.2, 0) is 0 Å². The van der Waals surface area contributed by atoms with Crippen LogP contribution in [0.1, 0.15) is 38.5 Å². The maximum Gasteiger partial charge on any atom is 0.00313 e. The molecule has 1 heterocycles. The molecule has 0 aromatic heterocycles. The van der Waals surface area contributed by atoms with Crippen molar-refractivity contribution in [1.29, 1.82) is 0 Å². The number of halogens is 1. The Bertz CT molecular complexity index is 136. The third-order valence-corrected chi connectivity index (χ3v) is 3.57. The summed E-state index contributed by atoms with van der Waals surface area (Å²) < 4.78 is 0. The molecular formula is C12H25BrN2. The molecule has 0 atom stereocenters. The number of unbranched alkanes of at least 4 members (excludes halogenated alkanes) is 2. The molecule has 90 valence electrons. The van der Waals surface area contributed by atoms with Crippen molar-refractivity contribution in [2.24, 2.45) is 0 Å². The van der Waals surface area contributed by atoms with Gasteiger partial charge in [-0.2, -0.15) is 0 Å². The minimum atomic E-state index is 1.15. The van der Waals surface area contributed by atoms with Crippen LogP contribution in [0, 0.1) is 0 Å². The van der Waals surface area contributed by atoms with Gasteiger partial charge in [0.05, 0.1) is 0 Å². The van der Waals surface area contributed by atoms with Gasteiger partial charge in [0.2, 0.25) is 0 Å². The molecule has 1 aliphatic heterocycles. The van der Waals surface area contributed by atoms with Gasteiger partial charge in [0.15, 0.2) is 0 Å². The van der Waals surface area contributed by atoms with Crippen molar-refractivity contribution in [1.82, 2.24) is 10.2 Å². The van der Waals surface area contributed by atoms with Gasteiger partial charge in [-0.1, -0.05) is 22.4 Å². The zero-order valence-corrected chi connectivity index (χ0v) is 11.4. The normalized spacial score (nSPS) is 17.4. The number of likely N-dealkylation sites (tertiary alicyclic amines) is 1. The summed E-state index contributed by atoms with van der Waals surface area (Å²) in [6.45, 7) is 6.38. The van der Waals surface area contributed by atoms with E-state index in [2.05, 4.69) is 26.1 Å². The molecule has 0 saturated carbocycles. The van der Waals surface area contributed by atoms with Crippen LogP contribution < -0.4 is 5.32 Å². The Kier molecular flexibility index (Phi) is 8.63. The molecule has 0 amide bonds. The van der Waals surface area contributed by atoms with Crippen LogP contribution in [0.5, 0.6) is 0 Å². The topological polar surface area (TPSA) is 15.3 Å². The van der Waals surface area contributed by atoms with E-state index in [0.29, 0.717) is 0 Å². The Balaban J connectivity index is 1.73. The summed E-state index contributed by atoms with van der Waals surface area (Å²) in [5.41, 5.74) is 0. The van der Waals surface area contributed by atoms with Gasteiger partial charge >= 0.3 is 0 Å². The molecule has 15 heavy (non-hydrogen) atoms. The Labute approximate surface area is 103 Å². The lowest BCUT2D eigenvalue weighted by molar-refractivity contribution is 0.331. The maximum atomic E-state index is 3.53. The van der Waals surface area contributed by atoms with Crippen LogP contribution in [0.15, 0.2) is 0 Å². The predicted octanol–water partition coefficient (Wildman–Crippen LogP) is 2.63. The third-order valence-electron chi connectivity index (χ3n) is 3.01. The molecule has 0 radical (unpaired) electrons. The van der Waals surface area contributed by atoms with Gasteiger partial charge in [-0.25, -0.2) is 0 Å². The summed E-state index contributed by atoms with van der Waals surface area (Å²) in [5, 5.41) is 4.68. The minimum absolute atomic E-state index is 1.15. The van der Waals surface area contributed by atoms with Crippen LogP contribution >= 0.6 is 15.9 Å². The fraction of sp³-hybridized carbons (Fsp3) is 1.00. The van der Waals surface area contributed by atoms with E-state index in [-0.39, 0.29) is 0 Å². The summed E-state index contributed by atoms with van der Waals surface area (Å²) in [7, 11) is 0. The summed E-state index contributed by atoms with van der Waals surface area (Å²) in [4.78, 5) is 2.59. The van der Waals surface area contributed by atoms with Crippen molar-refractivity contribution in [2.75, 3.05) is 38.1 Å². The van der Waals surface area contributed by atoms with Gasteiger partial charge in [-0.3, -0.25) is 0 Å². The minimum Gasteiger partial charge on any atom is -0.317 e. The Morgan fingerprint density at radius 1 is 0.933 bits per heavy atom. The number of hydrogen-bond acceptors (Lipinski definition) is 2. The standard InChI is InChI=1S/C12H25BrN2/c13-7-2-1-3-8-14-9-6-12-15-10-4-5-11-15/h14H,1-12H2. The summed E-state index contributed by atoms with van der Waals surface area (Å²) in [5.74, 6) is 0. The van der Waals surface area contributed by atoms with Gasteiger partial charge in [0.1, 0.15) is 0 Å². The summed E-state index contributed by atoms with van der Waals surface area (Å²) >= 11 is 3.46. The monoisotopic (exact) mass is 276 g/mol. The van der Waals surface area contributed by atoms with Gasteiger partial charge in [0, 0.05) is 5.33 Å². The lowest BCUT2D eigenvalue weighted by Crippen LogP contribution is -2.25. The molecule has 0 unspecified atom stereocenters. The summed E-state index contributed by atoms with van der Waals surface area (Å²) in [6.07, 6.45) is 8.15. The van der Waals surface area contributed by atoms with Crippen LogP contribution in [0.3, 0.4) is 0 Å². The number of nitrogens with zero attached hydrogens (tertiary/aromatic N) is 1. The zero-order chi connectivity index (χ0) is 10.8. The Morgan fingerprint density at radius 3 is 2.40 bits per heavy atom. The van der Waals surface area contributed by atoms with Crippen molar-refractivity contribution < 1.29 is 0 Å². The van der Waals surface area contributed by atoms with Crippen LogP contribution in [0.25, 0.3) is 0 Å². The maximum absolute atomic E-state index is 3.53. The van der Waals surface area contributed by atoms with Crippen molar-refractivity contribution in [2.45, 2.75) is 38.5 Å². The Morgan fingerprint density at radius 2 is 1.67 bits per heavy atom. The third kappa shape index (κ3) is 7.31. The van der Waals surface area contributed by atoms with Crippen LogP contribution in [0.2, 0.25) is 0 Å². The van der Waals surface area contributed by atoms with E-state index in [1.165, 1.54) is 71.2 Å². The smallest absolute Gasteiger partial charge is 0.00313 e. The van der Waals surface area contributed by atoms with E-state index in [1.807, 2.05) is 0 Å². The van der Waals surface area contributed by atoms with E-state index in [4.69, 9.17) is 0 Å². The predicted molar refractivity (Wildman–Crippen MR) is 70.8 cm³/mol. The second kappa shape index (κ2) is 9.61. The first-order valence-electron chi connectivity index (χ1n) is 6.42. The van der Waals surface area contributed by atoms with Crippen LogP contribution in [-0.4, -0.2) is 43.0 Å². The second-order valence-electron chi connectivity index (χ2n) is 4.40. The van der Waals surface area contributed by atoms with E-state index in [9.17, 15) is 0 Å². The summed E-state index contributed by atoms with van der Waals surface area (Å²) in [6, 6.07) is 0.